The highest BCUT2D eigenvalue weighted by Gasteiger charge is 2.11. The summed E-state index contributed by atoms with van der Waals surface area (Å²) in [5.74, 6) is 1.60. The zero-order chi connectivity index (χ0) is 26.5. The first-order chi connectivity index (χ1) is 18.5. The number of methoxy groups -OCH3 is 1. The molecule has 9 heteroatoms. The quantitative estimate of drug-likeness (QED) is 0.107. The third-order valence-electron chi connectivity index (χ3n) is 5.81. The molecule has 9 nitrogen and oxygen atoms in total. The lowest BCUT2D eigenvalue weighted by atomic mass is 10.1. The summed E-state index contributed by atoms with van der Waals surface area (Å²) in [4.78, 5) is 32.7. The van der Waals surface area contributed by atoms with Gasteiger partial charge in [0.15, 0.2) is 5.78 Å². The van der Waals surface area contributed by atoms with Gasteiger partial charge >= 0.3 is 0 Å². The monoisotopic (exact) mass is 506 g/mol. The molecule has 0 saturated heterocycles. The van der Waals surface area contributed by atoms with Crippen LogP contribution in [0.2, 0.25) is 0 Å². The van der Waals surface area contributed by atoms with Gasteiger partial charge < -0.3 is 14.5 Å². The van der Waals surface area contributed by atoms with Crippen molar-refractivity contribution >= 4 is 40.2 Å². The van der Waals surface area contributed by atoms with Crippen LogP contribution >= 0.6 is 0 Å². The van der Waals surface area contributed by atoms with Crippen LogP contribution in [0.3, 0.4) is 0 Å². The van der Waals surface area contributed by atoms with Crippen molar-refractivity contribution in [3.8, 4) is 17.1 Å². The molecule has 38 heavy (non-hydrogen) atoms. The van der Waals surface area contributed by atoms with Gasteiger partial charge in [-0.15, -0.1) is 0 Å². The molecule has 0 aliphatic heterocycles. The number of nitrogens with zero attached hydrogens (tertiary/aromatic N) is 2. The topological polar surface area (TPSA) is 127 Å². The number of anilines is 2. The van der Waals surface area contributed by atoms with Crippen LogP contribution in [0.15, 0.2) is 95.7 Å². The average molecular weight is 507 g/mol. The molecule has 2 heterocycles. The van der Waals surface area contributed by atoms with Gasteiger partial charge in [-0.3, -0.25) is 14.8 Å². The lowest BCUT2D eigenvalue weighted by Crippen LogP contribution is -2.18. The molecule has 188 valence electrons. The van der Waals surface area contributed by atoms with Crippen LogP contribution in [0.4, 0.5) is 11.5 Å². The molecular formula is C29H22N4O5. The SMILES string of the molecule is COc1cccc(Nc2ncnc3ccc(-c4ccc(C=CC(=O)c5ccc(C(=O)NO)cc5)o4)cc23)c1. The Balaban J connectivity index is 1.35. The summed E-state index contributed by atoms with van der Waals surface area (Å²) < 4.78 is 11.3. The number of hydroxylamine groups is 1. The number of benzene rings is 3. The van der Waals surface area contributed by atoms with E-state index >= 15 is 0 Å². The van der Waals surface area contributed by atoms with Crippen molar-refractivity contribution in [2.75, 3.05) is 12.4 Å². The van der Waals surface area contributed by atoms with Gasteiger partial charge in [0.1, 0.15) is 29.4 Å². The molecule has 3 N–H and O–H groups in total. The van der Waals surface area contributed by atoms with Crippen molar-refractivity contribution < 1.29 is 24.0 Å². The van der Waals surface area contributed by atoms with Crippen LogP contribution in [-0.4, -0.2) is 34.0 Å². The van der Waals surface area contributed by atoms with Gasteiger partial charge in [-0.1, -0.05) is 18.2 Å². The largest absolute Gasteiger partial charge is 0.497 e. The van der Waals surface area contributed by atoms with E-state index < -0.39 is 5.91 Å². The van der Waals surface area contributed by atoms with Crippen LogP contribution in [-0.2, 0) is 0 Å². The summed E-state index contributed by atoms with van der Waals surface area (Å²) in [5, 5.41) is 12.8. The van der Waals surface area contributed by atoms with Crippen LogP contribution in [0.25, 0.3) is 28.3 Å². The number of aromatic nitrogens is 2. The molecule has 0 radical (unpaired) electrons. The Hall–Kier alpha value is -5.28. The second kappa shape index (κ2) is 10.8. The zero-order valence-corrected chi connectivity index (χ0v) is 20.2. The Bertz CT molecular complexity index is 1660. The Kier molecular flexibility index (Phi) is 6.92. The summed E-state index contributed by atoms with van der Waals surface area (Å²) in [7, 11) is 1.62. The van der Waals surface area contributed by atoms with E-state index in [0.717, 1.165) is 27.9 Å². The maximum atomic E-state index is 12.5. The first-order valence-electron chi connectivity index (χ1n) is 11.6. The van der Waals surface area contributed by atoms with Gasteiger partial charge in [0, 0.05) is 33.8 Å². The first-order valence-corrected chi connectivity index (χ1v) is 11.6. The molecule has 0 aliphatic rings. The minimum atomic E-state index is -0.647. The van der Waals surface area contributed by atoms with Crippen molar-refractivity contribution in [1.82, 2.24) is 15.4 Å². The highest BCUT2D eigenvalue weighted by molar-refractivity contribution is 6.07. The van der Waals surface area contributed by atoms with Gasteiger partial charge in [0.05, 0.1) is 12.6 Å². The average Bonchev–Trinajstić information content (AvgIpc) is 3.45. The lowest BCUT2D eigenvalue weighted by molar-refractivity contribution is 0.0706. The number of ether oxygens (including phenoxy) is 1. The minimum Gasteiger partial charge on any atom is -0.497 e. The Labute approximate surface area is 217 Å². The summed E-state index contributed by atoms with van der Waals surface area (Å²) in [6.07, 6.45) is 4.49. The highest BCUT2D eigenvalue weighted by Crippen LogP contribution is 2.30. The number of amides is 1. The number of nitrogens with one attached hydrogen (secondary N) is 2. The molecular weight excluding hydrogens is 484 g/mol. The van der Waals surface area contributed by atoms with Crippen molar-refractivity contribution in [2.45, 2.75) is 0 Å². The predicted octanol–water partition coefficient (Wildman–Crippen LogP) is 5.66. The number of allylic oxidation sites excluding steroid dienone is 1. The van der Waals surface area contributed by atoms with E-state index in [2.05, 4.69) is 15.3 Å². The molecule has 5 aromatic rings. The molecule has 0 fully saturated rings. The molecule has 2 aromatic heterocycles. The molecule has 0 spiro atoms. The molecule has 0 unspecified atom stereocenters. The van der Waals surface area contributed by atoms with E-state index in [0.29, 0.717) is 22.9 Å². The summed E-state index contributed by atoms with van der Waals surface area (Å²) >= 11 is 0. The summed E-state index contributed by atoms with van der Waals surface area (Å²) in [6.45, 7) is 0. The number of carbonyl (C=O) groups excluding carboxylic acids is 2. The van der Waals surface area contributed by atoms with Crippen LogP contribution in [0.5, 0.6) is 5.75 Å². The van der Waals surface area contributed by atoms with E-state index in [1.54, 1.807) is 24.7 Å². The van der Waals surface area contributed by atoms with Crippen molar-refractivity contribution in [1.29, 1.82) is 0 Å². The van der Waals surface area contributed by atoms with E-state index in [1.807, 2.05) is 48.5 Å². The second-order valence-corrected chi connectivity index (χ2v) is 8.23. The zero-order valence-electron chi connectivity index (χ0n) is 20.2. The first kappa shape index (κ1) is 24.4. The molecule has 5 rings (SSSR count). The highest BCUT2D eigenvalue weighted by atomic mass is 16.5. The fourth-order valence-corrected chi connectivity index (χ4v) is 3.85. The van der Waals surface area contributed by atoms with E-state index in [4.69, 9.17) is 14.4 Å². The van der Waals surface area contributed by atoms with Crippen LogP contribution in [0, 0.1) is 0 Å². The molecule has 0 aliphatic carbocycles. The number of fused-ring (bicyclic) bond motifs is 1. The maximum absolute atomic E-state index is 12.5. The van der Waals surface area contributed by atoms with Crippen molar-refractivity contribution in [3.63, 3.8) is 0 Å². The third-order valence-corrected chi connectivity index (χ3v) is 5.81. The second-order valence-electron chi connectivity index (χ2n) is 8.23. The normalized spacial score (nSPS) is 11.0. The van der Waals surface area contributed by atoms with Crippen LogP contribution in [0.1, 0.15) is 26.5 Å². The number of carbonyl (C=O) groups is 2. The smallest absolute Gasteiger partial charge is 0.274 e. The van der Waals surface area contributed by atoms with Gasteiger partial charge in [-0.25, -0.2) is 15.4 Å². The fourth-order valence-electron chi connectivity index (χ4n) is 3.85. The minimum absolute atomic E-state index is 0.242. The predicted molar refractivity (Wildman–Crippen MR) is 143 cm³/mol. The number of rotatable bonds is 8. The third kappa shape index (κ3) is 5.28. The van der Waals surface area contributed by atoms with E-state index in [-0.39, 0.29) is 11.3 Å². The van der Waals surface area contributed by atoms with E-state index in [9.17, 15) is 9.59 Å². The molecule has 0 bridgehead atoms. The standard InChI is InChI=1S/C29H22N4O5/c1-37-23-4-2-3-21(16-23)32-28-24-15-20(9-12-25(24)30-17-31-28)27-14-11-22(38-27)10-13-26(34)18-5-7-19(8-6-18)29(35)33-36/h2-17,36H,1H3,(H,33,35)(H,30,31,32). The number of hydrogen-bond donors (Lipinski definition) is 3. The fraction of sp³-hybridized carbons (Fsp3) is 0.0345. The Morgan fingerprint density at radius 1 is 0.947 bits per heavy atom. The Morgan fingerprint density at radius 3 is 2.55 bits per heavy atom. The summed E-state index contributed by atoms with van der Waals surface area (Å²) in [5.41, 5.74) is 4.62. The van der Waals surface area contributed by atoms with Gasteiger partial charge in [-0.05, 0) is 66.7 Å². The molecule has 0 atom stereocenters. The molecule has 3 aromatic carbocycles. The maximum Gasteiger partial charge on any atom is 0.274 e. The Morgan fingerprint density at radius 2 is 1.76 bits per heavy atom. The molecule has 0 saturated carbocycles. The lowest BCUT2D eigenvalue weighted by Gasteiger charge is -2.10. The van der Waals surface area contributed by atoms with Crippen molar-refractivity contribution in [3.05, 3.63) is 108 Å². The summed E-state index contributed by atoms with van der Waals surface area (Å²) in [6, 6.07) is 22.8. The number of ketones is 1. The van der Waals surface area contributed by atoms with Crippen molar-refractivity contribution in [2.24, 2.45) is 0 Å². The van der Waals surface area contributed by atoms with Gasteiger partial charge in [-0.2, -0.15) is 0 Å². The van der Waals surface area contributed by atoms with E-state index in [1.165, 1.54) is 36.7 Å². The number of hydrogen-bond acceptors (Lipinski definition) is 8. The number of furan rings is 1. The van der Waals surface area contributed by atoms with Gasteiger partial charge in [0.25, 0.3) is 5.91 Å². The van der Waals surface area contributed by atoms with Crippen LogP contribution < -0.4 is 15.5 Å². The van der Waals surface area contributed by atoms with Gasteiger partial charge in [0.2, 0.25) is 0 Å². The molecule has 1 amide bonds.